The number of hydrogen-bond acceptors (Lipinski definition) is 0. The monoisotopic (exact) mass is 223 g/mol. The molecule has 1 aliphatic carbocycles. The molecule has 0 heterocycles. The summed E-state index contributed by atoms with van der Waals surface area (Å²) in [4.78, 5) is 0. The van der Waals surface area contributed by atoms with Crippen molar-refractivity contribution in [3.05, 3.63) is 55.0 Å². The first-order valence-corrected chi connectivity index (χ1v) is 6.65. The van der Waals surface area contributed by atoms with Crippen LogP contribution < -0.4 is 0 Å². The molecule has 17 heavy (non-hydrogen) atoms. The van der Waals surface area contributed by atoms with Gasteiger partial charge in [0.15, 0.2) is 0 Å². The smallest absolute Gasteiger partial charge is 0.0162 e. The minimum absolute atomic E-state index is 0.687. The molecule has 1 saturated carbocycles. The summed E-state index contributed by atoms with van der Waals surface area (Å²) in [6.07, 6.45) is 5.20. The Labute approximate surface area is 104 Å². The number of fused-ring (bicyclic) bond motifs is 1. The molecule has 0 heteroatoms. The van der Waals surface area contributed by atoms with Crippen molar-refractivity contribution in [1.82, 2.24) is 0 Å². The number of hydrogen-bond donors (Lipinski definition) is 0. The molecule has 1 fully saturated rings. The first kappa shape index (κ1) is 10.8. The number of rotatable bonds is 1. The minimum atomic E-state index is 0.687. The normalized spacial score (nSPS) is 25.0. The third-order valence-electron chi connectivity index (χ3n) is 4.09. The largest absolute Gasteiger partial charge is 0.0616 e. The zero-order valence-electron chi connectivity index (χ0n) is 10.2. The SMILES string of the molecule is [CH2]C1CCC(c2ccc3ccccc3c2)CC1. The Kier molecular flexibility index (Phi) is 2.88. The lowest BCUT2D eigenvalue weighted by molar-refractivity contribution is 0.374. The van der Waals surface area contributed by atoms with Crippen LogP contribution >= 0.6 is 0 Å². The highest BCUT2D eigenvalue weighted by Crippen LogP contribution is 2.36. The summed E-state index contributed by atoms with van der Waals surface area (Å²) in [5, 5.41) is 2.73. The maximum atomic E-state index is 4.18. The Morgan fingerprint density at radius 3 is 2.29 bits per heavy atom. The van der Waals surface area contributed by atoms with Gasteiger partial charge < -0.3 is 0 Å². The van der Waals surface area contributed by atoms with E-state index < -0.39 is 0 Å². The van der Waals surface area contributed by atoms with Gasteiger partial charge in [0, 0.05) is 0 Å². The van der Waals surface area contributed by atoms with E-state index in [1.807, 2.05) is 0 Å². The molecule has 0 saturated heterocycles. The van der Waals surface area contributed by atoms with Crippen molar-refractivity contribution >= 4 is 10.8 Å². The van der Waals surface area contributed by atoms with Crippen LogP contribution in [0.2, 0.25) is 0 Å². The van der Waals surface area contributed by atoms with Crippen molar-refractivity contribution in [1.29, 1.82) is 0 Å². The van der Waals surface area contributed by atoms with Gasteiger partial charge in [-0.2, -0.15) is 0 Å². The van der Waals surface area contributed by atoms with Crippen molar-refractivity contribution < 1.29 is 0 Å². The second kappa shape index (κ2) is 4.52. The molecule has 0 unspecified atom stereocenters. The van der Waals surface area contributed by atoms with Gasteiger partial charge in [-0.3, -0.25) is 0 Å². The van der Waals surface area contributed by atoms with Gasteiger partial charge in [0.2, 0.25) is 0 Å². The van der Waals surface area contributed by atoms with Crippen molar-refractivity contribution in [2.75, 3.05) is 0 Å². The molecule has 2 aromatic rings. The molecule has 87 valence electrons. The van der Waals surface area contributed by atoms with Gasteiger partial charge >= 0.3 is 0 Å². The van der Waals surface area contributed by atoms with E-state index in [1.165, 1.54) is 42.0 Å². The molecular weight excluding hydrogens is 204 g/mol. The molecule has 3 rings (SSSR count). The van der Waals surface area contributed by atoms with Crippen molar-refractivity contribution in [3.8, 4) is 0 Å². The van der Waals surface area contributed by atoms with Crippen LogP contribution in [0.15, 0.2) is 42.5 Å². The maximum absolute atomic E-state index is 4.18. The van der Waals surface area contributed by atoms with Gasteiger partial charge in [0.1, 0.15) is 0 Å². The molecule has 1 radical (unpaired) electrons. The van der Waals surface area contributed by atoms with Crippen molar-refractivity contribution in [3.63, 3.8) is 0 Å². The average Bonchev–Trinajstić information content (AvgIpc) is 2.39. The molecule has 0 aliphatic heterocycles. The van der Waals surface area contributed by atoms with E-state index in [1.54, 1.807) is 0 Å². The fourth-order valence-corrected chi connectivity index (χ4v) is 2.96. The Bertz CT molecular complexity index is 504. The molecule has 0 amide bonds. The van der Waals surface area contributed by atoms with E-state index in [2.05, 4.69) is 49.4 Å². The van der Waals surface area contributed by atoms with Crippen LogP contribution in [-0.2, 0) is 0 Å². The van der Waals surface area contributed by atoms with E-state index in [0.717, 1.165) is 5.92 Å². The van der Waals surface area contributed by atoms with Crippen LogP contribution in [0.5, 0.6) is 0 Å². The molecule has 0 spiro atoms. The van der Waals surface area contributed by atoms with Crippen molar-refractivity contribution in [2.45, 2.75) is 31.6 Å². The third kappa shape index (κ3) is 2.22. The van der Waals surface area contributed by atoms with Crippen molar-refractivity contribution in [2.24, 2.45) is 5.92 Å². The Morgan fingerprint density at radius 2 is 1.53 bits per heavy atom. The predicted molar refractivity (Wildman–Crippen MR) is 74.0 cm³/mol. The summed E-state index contributed by atoms with van der Waals surface area (Å²) in [7, 11) is 0. The van der Waals surface area contributed by atoms with Crippen LogP contribution in [-0.4, -0.2) is 0 Å². The Morgan fingerprint density at radius 1 is 0.824 bits per heavy atom. The van der Waals surface area contributed by atoms with Gasteiger partial charge in [-0.05, 0) is 53.9 Å². The quantitative estimate of drug-likeness (QED) is 0.642. The Hall–Kier alpha value is -1.30. The molecule has 0 aromatic heterocycles. The Balaban J connectivity index is 1.90. The second-order valence-corrected chi connectivity index (χ2v) is 5.32. The fourth-order valence-electron chi connectivity index (χ4n) is 2.96. The van der Waals surface area contributed by atoms with Gasteiger partial charge in [0.05, 0.1) is 0 Å². The van der Waals surface area contributed by atoms with E-state index in [0.29, 0.717) is 5.92 Å². The van der Waals surface area contributed by atoms with E-state index in [9.17, 15) is 0 Å². The number of benzene rings is 2. The van der Waals surface area contributed by atoms with E-state index >= 15 is 0 Å². The topological polar surface area (TPSA) is 0 Å². The van der Waals surface area contributed by atoms with Crippen LogP contribution in [0.25, 0.3) is 10.8 Å². The summed E-state index contributed by atoms with van der Waals surface area (Å²) in [5.41, 5.74) is 1.52. The van der Waals surface area contributed by atoms with Crippen LogP contribution in [0.1, 0.15) is 37.2 Å². The molecule has 0 bridgehead atoms. The summed E-state index contributed by atoms with van der Waals surface area (Å²) in [6, 6.07) is 15.6. The average molecular weight is 223 g/mol. The molecule has 2 aromatic carbocycles. The molecule has 0 atom stereocenters. The zero-order chi connectivity index (χ0) is 11.7. The van der Waals surface area contributed by atoms with Gasteiger partial charge in [-0.25, -0.2) is 0 Å². The lowest BCUT2D eigenvalue weighted by Crippen LogP contribution is -2.10. The third-order valence-corrected chi connectivity index (χ3v) is 4.09. The van der Waals surface area contributed by atoms with Gasteiger partial charge in [0.25, 0.3) is 0 Å². The fraction of sp³-hybridized carbons (Fsp3) is 0.353. The van der Waals surface area contributed by atoms with E-state index in [4.69, 9.17) is 0 Å². The highest BCUT2D eigenvalue weighted by molar-refractivity contribution is 5.83. The second-order valence-electron chi connectivity index (χ2n) is 5.32. The van der Waals surface area contributed by atoms with Gasteiger partial charge in [-0.15, -0.1) is 0 Å². The lowest BCUT2D eigenvalue weighted by Gasteiger charge is -2.26. The first-order valence-electron chi connectivity index (χ1n) is 6.65. The first-order chi connectivity index (χ1) is 8.33. The summed E-state index contributed by atoms with van der Waals surface area (Å²) >= 11 is 0. The van der Waals surface area contributed by atoms with Crippen LogP contribution in [0, 0.1) is 12.8 Å². The molecule has 0 N–H and O–H groups in total. The van der Waals surface area contributed by atoms with Crippen LogP contribution in [0.4, 0.5) is 0 Å². The summed E-state index contributed by atoms with van der Waals surface area (Å²) < 4.78 is 0. The summed E-state index contributed by atoms with van der Waals surface area (Å²) in [5.74, 6) is 1.45. The predicted octanol–water partition coefficient (Wildman–Crippen LogP) is 4.95. The molecule has 1 aliphatic rings. The minimum Gasteiger partial charge on any atom is -0.0616 e. The highest BCUT2D eigenvalue weighted by atomic mass is 14.2. The lowest BCUT2D eigenvalue weighted by atomic mass is 9.79. The van der Waals surface area contributed by atoms with Crippen LogP contribution in [0.3, 0.4) is 0 Å². The van der Waals surface area contributed by atoms with E-state index in [-0.39, 0.29) is 0 Å². The zero-order valence-corrected chi connectivity index (χ0v) is 10.2. The maximum Gasteiger partial charge on any atom is -0.0162 e. The standard InChI is InChI=1S/C17H19/c1-13-6-8-15(9-7-13)17-11-10-14-4-2-3-5-16(14)12-17/h2-5,10-13,15H,1,6-9H2. The molecular formula is C17H19. The molecule has 0 nitrogen and oxygen atoms in total. The highest BCUT2D eigenvalue weighted by Gasteiger charge is 2.19. The summed E-state index contributed by atoms with van der Waals surface area (Å²) in [6.45, 7) is 4.18. The van der Waals surface area contributed by atoms with Gasteiger partial charge in [-0.1, -0.05) is 49.4 Å².